The molecule has 0 aliphatic carbocycles. The summed E-state index contributed by atoms with van der Waals surface area (Å²) in [4.78, 5) is 23.6. The van der Waals surface area contributed by atoms with Crippen LogP contribution in [0.15, 0.2) is 24.3 Å². The molecule has 1 aromatic carbocycles. The Morgan fingerprint density at radius 3 is 2.52 bits per heavy atom. The molecule has 1 saturated heterocycles. The fraction of sp³-hybridized carbons (Fsp3) is 0.476. The third-order valence-corrected chi connectivity index (χ3v) is 4.74. The van der Waals surface area contributed by atoms with Gasteiger partial charge in [0.2, 0.25) is 11.8 Å². The second kappa shape index (κ2) is 9.95. The largest absolute Gasteiger partial charge is 0.497 e. The Hall–Kier alpha value is -3.03. The first-order valence-electron chi connectivity index (χ1n) is 9.84. The molecule has 1 fully saturated rings. The van der Waals surface area contributed by atoms with E-state index in [4.69, 9.17) is 14.2 Å². The maximum Gasteiger partial charge on any atom is 0.262 e. The summed E-state index contributed by atoms with van der Waals surface area (Å²) in [5.74, 6) is 1.90. The topological polar surface area (TPSA) is 85.8 Å². The molecule has 29 heavy (non-hydrogen) atoms. The van der Waals surface area contributed by atoms with Crippen molar-refractivity contribution in [1.29, 1.82) is 0 Å². The van der Waals surface area contributed by atoms with E-state index in [0.29, 0.717) is 29.0 Å². The lowest BCUT2D eigenvalue weighted by molar-refractivity contribution is -0.118. The second-order valence-corrected chi connectivity index (χ2v) is 6.95. The van der Waals surface area contributed by atoms with E-state index in [1.165, 1.54) is 12.8 Å². The first kappa shape index (κ1) is 20.7. The van der Waals surface area contributed by atoms with Crippen LogP contribution in [0.4, 0.5) is 11.6 Å². The van der Waals surface area contributed by atoms with Gasteiger partial charge in [0.05, 0.1) is 19.9 Å². The minimum atomic E-state index is -0.316. The number of carbonyl (C=O) groups is 1. The van der Waals surface area contributed by atoms with Crippen LogP contribution < -0.4 is 24.4 Å². The van der Waals surface area contributed by atoms with E-state index < -0.39 is 0 Å². The van der Waals surface area contributed by atoms with E-state index in [2.05, 4.69) is 20.2 Å². The van der Waals surface area contributed by atoms with Crippen molar-refractivity contribution in [2.75, 3.05) is 44.1 Å². The fourth-order valence-electron chi connectivity index (χ4n) is 3.25. The van der Waals surface area contributed by atoms with Gasteiger partial charge in [0.15, 0.2) is 6.61 Å². The fourth-order valence-corrected chi connectivity index (χ4v) is 3.25. The van der Waals surface area contributed by atoms with Crippen molar-refractivity contribution in [2.24, 2.45) is 0 Å². The van der Waals surface area contributed by atoms with E-state index in [0.717, 1.165) is 31.6 Å². The lowest BCUT2D eigenvalue weighted by atomic mass is 10.2. The molecule has 1 aliphatic rings. The first-order chi connectivity index (χ1) is 14.1. The summed E-state index contributed by atoms with van der Waals surface area (Å²) < 4.78 is 16.1. The van der Waals surface area contributed by atoms with Crippen molar-refractivity contribution in [3.8, 4) is 17.4 Å². The molecular weight excluding hydrogens is 372 g/mol. The lowest BCUT2D eigenvalue weighted by Gasteiger charge is -2.21. The van der Waals surface area contributed by atoms with Gasteiger partial charge in [0, 0.05) is 30.9 Å². The molecular formula is C21H28N4O4. The molecule has 8 heteroatoms. The number of carbonyl (C=O) groups excluding carboxylic acids is 1. The summed E-state index contributed by atoms with van der Waals surface area (Å²) in [5.41, 5.74) is 1.33. The lowest BCUT2D eigenvalue weighted by Crippen LogP contribution is -2.26. The number of ether oxygens (including phenoxy) is 3. The summed E-state index contributed by atoms with van der Waals surface area (Å²) in [6, 6.07) is 6.93. The van der Waals surface area contributed by atoms with Gasteiger partial charge in [0.1, 0.15) is 11.5 Å². The zero-order chi connectivity index (χ0) is 20.6. The molecule has 0 spiro atoms. The summed E-state index contributed by atoms with van der Waals surface area (Å²) in [6.45, 7) is 3.62. The number of methoxy groups -OCH3 is 2. The maximum absolute atomic E-state index is 12.4. The van der Waals surface area contributed by atoms with Crippen LogP contribution in [0.3, 0.4) is 0 Å². The zero-order valence-electron chi connectivity index (χ0n) is 17.2. The van der Waals surface area contributed by atoms with Gasteiger partial charge in [-0.2, -0.15) is 4.98 Å². The van der Waals surface area contributed by atoms with Gasteiger partial charge >= 0.3 is 0 Å². The zero-order valence-corrected chi connectivity index (χ0v) is 17.2. The van der Waals surface area contributed by atoms with Crippen molar-refractivity contribution in [3.05, 3.63) is 30.0 Å². The van der Waals surface area contributed by atoms with Crippen LogP contribution in [0.1, 0.15) is 31.4 Å². The molecule has 8 nitrogen and oxygen atoms in total. The van der Waals surface area contributed by atoms with Crippen LogP contribution in [0.5, 0.6) is 17.4 Å². The number of benzene rings is 1. The number of aromatic nitrogens is 2. The number of hydrogen-bond donors (Lipinski definition) is 1. The molecule has 2 heterocycles. The van der Waals surface area contributed by atoms with Crippen LogP contribution in [0, 0.1) is 6.92 Å². The smallest absolute Gasteiger partial charge is 0.262 e. The van der Waals surface area contributed by atoms with Gasteiger partial charge in [-0.1, -0.05) is 12.8 Å². The Kier molecular flexibility index (Phi) is 7.10. The van der Waals surface area contributed by atoms with Crippen LogP contribution >= 0.6 is 0 Å². The number of amides is 1. The highest BCUT2D eigenvalue weighted by Crippen LogP contribution is 2.28. The van der Waals surface area contributed by atoms with Gasteiger partial charge in [0.25, 0.3) is 5.91 Å². The van der Waals surface area contributed by atoms with Crippen LogP contribution in [-0.4, -0.2) is 49.8 Å². The molecule has 0 unspecified atom stereocenters. The second-order valence-electron chi connectivity index (χ2n) is 6.95. The van der Waals surface area contributed by atoms with E-state index >= 15 is 0 Å². The van der Waals surface area contributed by atoms with Crippen LogP contribution in [0.25, 0.3) is 0 Å². The standard InChI is InChI=1S/C21H28N4O4/c1-15-12-20(24-21(22-15)25-10-6-4-5-7-11-25)29-14-19(26)23-17-13-16(27-2)8-9-18(17)28-3/h8-9,12-13H,4-7,10-11,14H2,1-3H3,(H,23,26). The maximum atomic E-state index is 12.4. The van der Waals surface area contributed by atoms with E-state index in [1.54, 1.807) is 38.5 Å². The predicted molar refractivity (Wildman–Crippen MR) is 111 cm³/mol. The highest BCUT2D eigenvalue weighted by atomic mass is 16.5. The van der Waals surface area contributed by atoms with Gasteiger partial charge in [-0.3, -0.25) is 4.79 Å². The Morgan fingerprint density at radius 1 is 1.07 bits per heavy atom. The van der Waals surface area contributed by atoms with Gasteiger partial charge in [-0.25, -0.2) is 4.98 Å². The SMILES string of the molecule is COc1ccc(OC)c(NC(=O)COc2cc(C)nc(N3CCCCCC3)n2)c1. The molecule has 0 radical (unpaired) electrons. The monoisotopic (exact) mass is 400 g/mol. The van der Waals surface area contributed by atoms with Crippen molar-refractivity contribution in [3.63, 3.8) is 0 Å². The Labute approximate surface area is 171 Å². The predicted octanol–water partition coefficient (Wildman–Crippen LogP) is 3.20. The minimum absolute atomic E-state index is 0.170. The van der Waals surface area contributed by atoms with Crippen molar-refractivity contribution < 1.29 is 19.0 Å². The molecule has 1 N–H and O–H groups in total. The number of nitrogens with one attached hydrogen (secondary N) is 1. The number of anilines is 2. The number of hydrogen-bond acceptors (Lipinski definition) is 7. The molecule has 2 aromatic rings. The highest BCUT2D eigenvalue weighted by molar-refractivity contribution is 5.93. The molecule has 156 valence electrons. The normalized spacial score (nSPS) is 14.1. The summed E-state index contributed by atoms with van der Waals surface area (Å²) in [6.07, 6.45) is 4.75. The highest BCUT2D eigenvalue weighted by Gasteiger charge is 2.15. The van der Waals surface area contributed by atoms with Crippen molar-refractivity contribution >= 4 is 17.5 Å². The summed E-state index contributed by atoms with van der Waals surface area (Å²) >= 11 is 0. The summed E-state index contributed by atoms with van der Waals surface area (Å²) in [7, 11) is 3.11. The summed E-state index contributed by atoms with van der Waals surface area (Å²) in [5, 5.41) is 2.78. The molecule has 0 bridgehead atoms. The Morgan fingerprint density at radius 2 is 1.83 bits per heavy atom. The average Bonchev–Trinajstić information content (AvgIpc) is 3.01. The number of aryl methyl sites for hydroxylation is 1. The van der Waals surface area contributed by atoms with Gasteiger partial charge in [-0.05, 0) is 31.9 Å². The quantitative estimate of drug-likeness (QED) is 0.764. The Balaban J connectivity index is 1.64. The molecule has 1 aliphatic heterocycles. The number of nitrogens with zero attached hydrogens (tertiary/aromatic N) is 3. The average molecular weight is 400 g/mol. The molecule has 1 aromatic heterocycles. The van der Waals surface area contributed by atoms with Gasteiger partial charge < -0.3 is 24.4 Å². The number of rotatable bonds is 7. The molecule has 0 saturated carbocycles. The van der Waals surface area contributed by atoms with Crippen molar-refractivity contribution in [1.82, 2.24) is 9.97 Å². The molecule has 0 atom stereocenters. The first-order valence-corrected chi connectivity index (χ1v) is 9.84. The Bertz CT molecular complexity index is 835. The molecule has 3 rings (SSSR count). The van der Waals surface area contributed by atoms with E-state index in [9.17, 15) is 4.79 Å². The van der Waals surface area contributed by atoms with Crippen LogP contribution in [0.2, 0.25) is 0 Å². The van der Waals surface area contributed by atoms with Gasteiger partial charge in [-0.15, -0.1) is 0 Å². The van der Waals surface area contributed by atoms with Crippen molar-refractivity contribution in [2.45, 2.75) is 32.6 Å². The third kappa shape index (κ3) is 5.73. The van der Waals surface area contributed by atoms with E-state index in [-0.39, 0.29) is 12.5 Å². The minimum Gasteiger partial charge on any atom is -0.497 e. The van der Waals surface area contributed by atoms with Crippen LogP contribution in [-0.2, 0) is 4.79 Å². The molecule has 1 amide bonds. The third-order valence-electron chi connectivity index (χ3n) is 4.74. The van der Waals surface area contributed by atoms with E-state index in [1.807, 2.05) is 6.92 Å².